The zero-order chi connectivity index (χ0) is 16.2. The van der Waals surface area contributed by atoms with Crippen LogP contribution in [0.1, 0.15) is 50.1 Å². The van der Waals surface area contributed by atoms with Gasteiger partial charge in [0.25, 0.3) is 0 Å². The minimum atomic E-state index is 0.280. The standard InChI is InChI=1S/C16H23N5O2/c1-4-14-18-20-16(23-14)13-6-5-9-21(11(13)2)10-12-7-8-15(22-3)19-17-12/h7-8,11,13H,4-6,9-10H2,1-3H3/t11-,13-/m0/s1. The molecule has 1 aliphatic heterocycles. The molecule has 3 heterocycles. The summed E-state index contributed by atoms with van der Waals surface area (Å²) in [4.78, 5) is 2.40. The number of hydrogen-bond donors (Lipinski definition) is 0. The molecule has 3 rings (SSSR count). The van der Waals surface area contributed by atoms with Gasteiger partial charge >= 0.3 is 0 Å². The average molecular weight is 317 g/mol. The molecule has 0 unspecified atom stereocenters. The Bertz CT molecular complexity index is 628. The van der Waals surface area contributed by atoms with Crippen LogP contribution >= 0.6 is 0 Å². The SMILES string of the molecule is CCc1nnc([C@H]2CCCN(Cc3ccc(OC)nn3)[C@H]2C)o1. The van der Waals surface area contributed by atoms with Crippen molar-refractivity contribution in [3.8, 4) is 5.88 Å². The number of hydrogen-bond acceptors (Lipinski definition) is 7. The summed E-state index contributed by atoms with van der Waals surface area (Å²) in [6.45, 7) is 6.05. The molecule has 7 heteroatoms. The quantitative estimate of drug-likeness (QED) is 0.836. The zero-order valence-electron chi connectivity index (χ0n) is 13.9. The predicted molar refractivity (Wildman–Crippen MR) is 84.1 cm³/mol. The minimum absolute atomic E-state index is 0.280. The van der Waals surface area contributed by atoms with Gasteiger partial charge in [0, 0.05) is 25.1 Å². The molecular formula is C16H23N5O2. The van der Waals surface area contributed by atoms with Gasteiger partial charge in [0.05, 0.1) is 18.7 Å². The molecule has 0 aromatic carbocycles. The number of nitrogens with zero attached hydrogens (tertiary/aromatic N) is 5. The van der Waals surface area contributed by atoms with Crippen LogP contribution in [0.3, 0.4) is 0 Å². The number of rotatable bonds is 5. The van der Waals surface area contributed by atoms with Gasteiger partial charge in [0.2, 0.25) is 17.7 Å². The van der Waals surface area contributed by atoms with Crippen LogP contribution in [0.4, 0.5) is 0 Å². The van der Waals surface area contributed by atoms with Gasteiger partial charge in [0.1, 0.15) is 0 Å². The van der Waals surface area contributed by atoms with Crippen molar-refractivity contribution < 1.29 is 9.15 Å². The topological polar surface area (TPSA) is 77.2 Å². The van der Waals surface area contributed by atoms with Crippen LogP contribution in [-0.2, 0) is 13.0 Å². The molecule has 2 atom stereocenters. The number of aromatic nitrogens is 4. The summed E-state index contributed by atoms with van der Waals surface area (Å²) in [7, 11) is 1.59. The third-order valence-corrected chi connectivity index (χ3v) is 4.49. The van der Waals surface area contributed by atoms with Crippen LogP contribution in [0.5, 0.6) is 5.88 Å². The van der Waals surface area contributed by atoms with Crippen LogP contribution in [0.15, 0.2) is 16.5 Å². The molecule has 23 heavy (non-hydrogen) atoms. The molecule has 1 fully saturated rings. The number of methoxy groups -OCH3 is 1. The maximum atomic E-state index is 5.78. The molecule has 0 spiro atoms. The Morgan fingerprint density at radius 3 is 2.78 bits per heavy atom. The van der Waals surface area contributed by atoms with E-state index in [4.69, 9.17) is 9.15 Å². The van der Waals surface area contributed by atoms with Crippen molar-refractivity contribution in [1.82, 2.24) is 25.3 Å². The Balaban J connectivity index is 1.69. The Morgan fingerprint density at radius 2 is 2.13 bits per heavy atom. The molecular weight excluding hydrogens is 294 g/mol. The average Bonchev–Trinajstić information content (AvgIpc) is 3.06. The summed E-state index contributed by atoms with van der Waals surface area (Å²) >= 11 is 0. The van der Waals surface area contributed by atoms with Crippen LogP contribution in [0.2, 0.25) is 0 Å². The Hall–Kier alpha value is -2.02. The van der Waals surface area contributed by atoms with E-state index in [1.807, 2.05) is 19.1 Å². The maximum absolute atomic E-state index is 5.78. The maximum Gasteiger partial charge on any atom is 0.233 e. The van der Waals surface area contributed by atoms with Crippen LogP contribution in [0, 0.1) is 0 Å². The van der Waals surface area contributed by atoms with Crippen molar-refractivity contribution in [1.29, 1.82) is 0 Å². The van der Waals surface area contributed by atoms with Gasteiger partial charge < -0.3 is 9.15 Å². The third kappa shape index (κ3) is 3.50. The van der Waals surface area contributed by atoms with Crippen molar-refractivity contribution in [2.75, 3.05) is 13.7 Å². The fourth-order valence-electron chi connectivity index (χ4n) is 3.07. The second-order valence-corrected chi connectivity index (χ2v) is 5.91. The Labute approximate surface area is 136 Å². The first kappa shape index (κ1) is 15.9. The van der Waals surface area contributed by atoms with Gasteiger partial charge in [0.15, 0.2) is 0 Å². The van der Waals surface area contributed by atoms with Crippen molar-refractivity contribution >= 4 is 0 Å². The van der Waals surface area contributed by atoms with Gasteiger partial charge in [-0.15, -0.1) is 15.3 Å². The van der Waals surface area contributed by atoms with Gasteiger partial charge in [-0.3, -0.25) is 4.90 Å². The van der Waals surface area contributed by atoms with Crippen molar-refractivity contribution in [2.24, 2.45) is 0 Å². The van der Waals surface area contributed by atoms with Crippen molar-refractivity contribution in [3.05, 3.63) is 29.6 Å². The van der Waals surface area contributed by atoms with E-state index in [2.05, 4.69) is 32.2 Å². The van der Waals surface area contributed by atoms with Gasteiger partial charge in [-0.25, -0.2) is 0 Å². The summed E-state index contributed by atoms with van der Waals surface area (Å²) in [6, 6.07) is 4.14. The lowest BCUT2D eigenvalue weighted by Crippen LogP contribution is -2.42. The van der Waals surface area contributed by atoms with Gasteiger partial charge in [-0.05, 0) is 32.4 Å². The molecule has 0 saturated carbocycles. The normalized spacial score (nSPS) is 22.2. The van der Waals surface area contributed by atoms with E-state index < -0.39 is 0 Å². The molecule has 2 aromatic heterocycles. The smallest absolute Gasteiger partial charge is 0.233 e. The monoisotopic (exact) mass is 317 g/mol. The summed E-state index contributed by atoms with van der Waals surface area (Å²) in [5, 5.41) is 16.6. The summed E-state index contributed by atoms with van der Waals surface area (Å²) in [6.07, 6.45) is 2.97. The summed E-state index contributed by atoms with van der Waals surface area (Å²) < 4.78 is 10.8. The lowest BCUT2D eigenvalue weighted by Gasteiger charge is -2.37. The Morgan fingerprint density at radius 1 is 1.26 bits per heavy atom. The van der Waals surface area contributed by atoms with E-state index in [9.17, 15) is 0 Å². The van der Waals surface area contributed by atoms with Crippen molar-refractivity contribution in [2.45, 2.75) is 51.6 Å². The molecule has 0 amide bonds. The number of piperidine rings is 1. The van der Waals surface area contributed by atoms with E-state index >= 15 is 0 Å². The number of aryl methyl sites for hydroxylation is 1. The summed E-state index contributed by atoms with van der Waals surface area (Å²) in [5.74, 6) is 2.30. The first-order valence-corrected chi connectivity index (χ1v) is 8.14. The molecule has 2 aromatic rings. The lowest BCUT2D eigenvalue weighted by molar-refractivity contribution is 0.117. The molecule has 0 radical (unpaired) electrons. The number of ether oxygens (including phenoxy) is 1. The van der Waals surface area contributed by atoms with E-state index in [0.717, 1.165) is 43.9 Å². The highest BCUT2D eigenvalue weighted by Gasteiger charge is 2.32. The predicted octanol–water partition coefficient (Wildman–Crippen LogP) is 2.20. The fourth-order valence-corrected chi connectivity index (χ4v) is 3.07. The molecule has 0 bridgehead atoms. The first-order valence-electron chi connectivity index (χ1n) is 8.14. The highest BCUT2D eigenvalue weighted by molar-refractivity contribution is 5.12. The summed E-state index contributed by atoms with van der Waals surface area (Å²) in [5.41, 5.74) is 0.943. The van der Waals surface area contributed by atoms with Crippen LogP contribution < -0.4 is 4.74 Å². The zero-order valence-corrected chi connectivity index (χ0v) is 13.9. The second kappa shape index (κ2) is 7.04. The molecule has 1 saturated heterocycles. The van der Waals surface area contributed by atoms with E-state index in [1.165, 1.54) is 0 Å². The Kier molecular flexibility index (Phi) is 4.85. The van der Waals surface area contributed by atoms with Gasteiger partial charge in [-0.1, -0.05) is 6.92 Å². The third-order valence-electron chi connectivity index (χ3n) is 4.49. The van der Waals surface area contributed by atoms with Crippen LogP contribution in [-0.4, -0.2) is 45.0 Å². The highest BCUT2D eigenvalue weighted by atomic mass is 16.5. The molecule has 0 N–H and O–H groups in total. The van der Waals surface area contributed by atoms with Crippen molar-refractivity contribution in [3.63, 3.8) is 0 Å². The lowest BCUT2D eigenvalue weighted by atomic mass is 9.90. The van der Waals surface area contributed by atoms with E-state index in [-0.39, 0.29) is 5.92 Å². The molecule has 1 aliphatic rings. The van der Waals surface area contributed by atoms with Crippen LogP contribution in [0.25, 0.3) is 0 Å². The van der Waals surface area contributed by atoms with E-state index in [0.29, 0.717) is 17.8 Å². The molecule has 0 aliphatic carbocycles. The minimum Gasteiger partial charge on any atom is -0.480 e. The molecule has 7 nitrogen and oxygen atoms in total. The largest absolute Gasteiger partial charge is 0.480 e. The number of likely N-dealkylation sites (tertiary alicyclic amines) is 1. The fraction of sp³-hybridized carbons (Fsp3) is 0.625. The van der Waals surface area contributed by atoms with Gasteiger partial charge in [-0.2, -0.15) is 5.10 Å². The second-order valence-electron chi connectivity index (χ2n) is 5.91. The first-order chi connectivity index (χ1) is 11.2. The van der Waals surface area contributed by atoms with E-state index in [1.54, 1.807) is 7.11 Å². The molecule has 124 valence electrons. The highest BCUT2D eigenvalue weighted by Crippen LogP contribution is 2.32.